The molecular formula is C10H11N5OS. The van der Waals surface area contributed by atoms with Crippen LogP contribution in [0, 0.1) is 0 Å². The number of nitrogens with two attached hydrogens (primary N) is 1. The Kier molecular flexibility index (Phi) is 2.41. The summed E-state index contributed by atoms with van der Waals surface area (Å²) >= 11 is 1.55. The van der Waals surface area contributed by atoms with E-state index in [1.807, 2.05) is 5.38 Å². The van der Waals surface area contributed by atoms with E-state index >= 15 is 0 Å². The highest BCUT2D eigenvalue weighted by atomic mass is 32.1. The molecule has 0 fully saturated rings. The molecule has 0 radical (unpaired) electrons. The van der Waals surface area contributed by atoms with Crippen LogP contribution in [0.2, 0.25) is 0 Å². The number of fused-ring (bicyclic) bond motifs is 1. The summed E-state index contributed by atoms with van der Waals surface area (Å²) in [5, 5.41) is 13.1. The van der Waals surface area contributed by atoms with Crippen molar-refractivity contribution in [3.05, 3.63) is 33.5 Å². The summed E-state index contributed by atoms with van der Waals surface area (Å²) in [5.41, 5.74) is 7.46. The predicted molar refractivity (Wildman–Crippen MR) is 62.8 cm³/mol. The second-order valence-corrected chi connectivity index (χ2v) is 4.76. The Morgan fingerprint density at radius 3 is 3.18 bits per heavy atom. The number of aromatic nitrogens is 3. The van der Waals surface area contributed by atoms with Gasteiger partial charge in [-0.05, 0) is 0 Å². The van der Waals surface area contributed by atoms with Gasteiger partial charge in [-0.25, -0.2) is 4.98 Å². The van der Waals surface area contributed by atoms with Crippen molar-refractivity contribution < 1.29 is 4.79 Å². The van der Waals surface area contributed by atoms with Crippen molar-refractivity contribution >= 4 is 17.2 Å². The predicted octanol–water partition coefficient (Wildman–Crippen LogP) is 0.200. The van der Waals surface area contributed by atoms with E-state index in [4.69, 9.17) is 5.73 Å². The number of hydrogen-bond acceptors (Lipinski definition) is 5. The number of H-pyrrole nitrogens is 1. The van der Waals surface area contributed by atoms with E-state index < -0.39 is 5.91 Å². The number of carbonyl (C=O) groups is 1. The van der Waals surface area contributed by atoms with Gasteiger partial charge >= 0.3 is 0 Å². The number of amides is 1. The number of primary amides is 1. The van der Waals surface area contributed by atoms with Crippen LogP contribution in [0.25, 0.3) is 0 Å². The molecule has 0 saturated carbocycles. The topological polar surface area (TPSA) is 96.7 Å². The molecular weight excluding hydrogens is 238 g/mol. The zero-order valence-corrected chi connectivity index (χ0v) is 9.75. The fourth-order valence-corrected chi connectivity index (χ4v) is 2.83. The fraction of sp³-hybridized carbons (Fsp3) is 0.300. The summed E-state index contributed by atoms with van der Waals surface area (Å²) in [5.74, 6) is -0.507. The number of nitrogens with zero attached hydrogens (tertiary/aromatic N) is 2. The third kappa shape index (κ3) is 1.63. The zero-order chi connectivity index (χ0) is 11.8. The molecule has 2 aromatic heterocycles. The Bertz CT molecular complexity index is 547. The minimum absolute atomic E-state index is 0.0833. The molecule has 0 aliphatic carbocycles. The lowest BCUT2D eigenvalue weighted by Gasteiger charge is -2.22. The molecule has 17 heavy (non-hydrogen) atoms. The van der Waals surface area contributed by atoms with E-state index in [-0.39, 0.29) is 6.04 Å². The van der Waals surface area contributed by atoms with Gasteiger partial charge in [-0.15, -0.1) is 11.3 Å². The molecule has 88 valence electrons. The average molecular weight is 249 g/mol. The molecule has 0 bridgehead atoms. The van der Waals surface area contributed by atoms with Gasteiger partial charge in [0.1, 0.15) is 5.01 Å². The van der Waals surface area contributed by atoms with E-state index in [2.05, 4.69) is 20.5 Å². The van der Waals surface area contributed by atoms with Crippen molar-refractivity contribution in [2.45, 2.75) is 12.5 Å². The van der Waals surface area contributed by atoms with Gasteiger partial charge in [0.2, 0.25) is 0 Å². The summed E-state index contributed by atoms with van der Waals surface area (Å²) in [6.45, 7) is 0.831. The second-order valence-electron chi connectivity index (χ2n) is 3.84. The van der Waals surface area contributed by atoms with Crippen molar-refractivity contribution in [3.63, 3.8) is 0 Å². The fourth-order valence-electron chi connectivity index (χ4n) is 2.11. The third-order valence-electron chi connectivity index (χ3n) is 2.83. The quantitative estimate of drug-likeness (QED) is 0.708. The van der Waals surface area contributed by atoms with Gasteiger partial charge in [0.25, 0.3) is 5.91 Å². The summed E-state index contributed by atoms with van der Waals surface area (Å²) in [6, 6.07) is -0.0833. The molecule has 1 aliphatic rings. The van der Waals surface area contributed by atoms with E-state index in [0.29, 0.717) is 5.69 Å². The normalized spacial score (nSPS) is 18.9. The monoisotopic (exact) mass is 249 g/mol. The molecule has 3 heterocycles. The van der Waals surface area contributed by atoms with Gasteiger partial charge in [-0.3, -0.25) is 9.89 Å². The highest BCUT2D eigenvalue weighted by molar-refractivity contribution is 7.09. The first kappa shape index (κ1) is 10.4. The van der Waals surface area contributed by atoms with Crippen LogP contribution in [-0.4, -0.2) is 27.6 Å². The number of aromatic amines is 1. The van der Waals surface area contributed by atoms with Crippen LogP contribution in [0.15, 0.2) is 11.6 Å². The molecule has 1 amide bonds. The van der Waals surface area contributed by atoms with Crippen molar-refractivity contribution in [2.75, 3.05) is 6.54 Å². The summed E-state index contributed by atoms with van der Waals surface area (Å²) in [7, 11) is 0. The summed E-state index contributed by atoms with van der Waals surface area (Å²) in [4.78, 5) is 15.6. The maximum Gasteiger partial charge on any atom is 0.269 e. The highest BCUT2D eigenvalue weighted by Crippen LogP contribution is 2.30. The van der Waals surface area contributed by atoms with E-state index in [1.165, 1.54) is 0 Å². The van der Waals surface area contributed by atoms with Gasteiger partial charge in [-0.1, -0.05) is 0 Å². The summed E-state index contributed by atoms with van der Waals surface area (Å²) in [6.07, 6.45) is 2.57. The van der Waals surface area contributed by atoms with Gasteiger partial charge in [0.05, 0.1) is 6.04 Å². The van der Waals surface area contributed by atoms with Crippen LogP contribution < -0.4 is 11.1 Å². The smallest absolute Gasteiger partial charge is 0.269 e. The van der Waals surface area contributed by atoms with Crippen molar-refractivity contribution in [1.29, 1.82) is 0 Å². The molecule has 1 aliphatic heterocycles. The molecule has 0 saturated heterocycles. The van der Waals surface area contributed by atoms with Crippen LogP contribution >= 0.6 is 11.3 Å². The largest absolute Gasteiger partial charge is 0.364 e. The Balaban J connectivity index is 2.12. The Morgan fingerprint density at radius 1 is 1.59 bits per heavy atom. The molecule has 0 aromatic carbocycles. The SMILES string of the molecule is NC(=O)c1n[nH]c2c1C(c1nccs1)NCC2. The van der Waals surface area contributed by atoms with E-state index in [9.17, 15) is 4.79 Å². The summed E-state index contributed by atoms with van der Waals surface area (Å²) < 4.78 is 0. The molecule has 7 heteroatoms. The van der Waals surface area contributed by atoms with Crippen molar-refractivity contribution in [3.8, 4) is 0 Å². The van der Waals surface area contributed by atoms with Gasteiger partial charge in [0, 0.05) is 35.8 Å². The van der Waals surface area contributed by atoms with E-state index in [1.54, 1.807) is 17.5 Å². The third-order valence-corrected chi connectivity index (χ3v) is 3.67. The maximum atomic E-state index is 11.3. The number of carbonyl (C=O) groups excluding carboxylic acids is 1. The highest BCUT2D eigenvalue weighted by Gasteiger charge is 2.30. The number of thiazole rings is 1. The lowest BCUT2D eigenvalue weighted by molar-refractivity contribution is 0.0994. The van der Waals surface area contributed by atoms with Crippen molar-refractivity contribution in [2.24, 2.45) is 5.73 Å². The van der Waals surface area contributed by atoms with E-state index in [0.717, 1.165) is 29.2 Å². The molecule has 4 N–H and O–H groups in total. The lowest BCUT2D eigenvalue weighted by Crippen LogP contribution is -2.31. The number of nitrogens with one attached hydrogen (secondary N) is 2. The first-order valence-corrected chi connectivity index (χ1v) is 6.15. The number of hydrogen-bond donors (Lipinski definition) is 3. The molecule has 1 unspecified atom stereocenters. The second kappa shape index (κ2) is 3.94. The van der Waals surface area contributed by atoms with Gasteiger partial charge in [-0.2, -0.15) is 5.10 Å². The van der Waals surface area contributed by atoms with Crippen molar-refractivity contribution in [1.82, 2.24) is 20.5 Å². The molecule has 6 nitrogen and oxygen atoms in total. The van der Waals surface area contributed by atoms with Crippen LogP contribution in [0.3, 0.4) is 0 Å². The Hall–Kier alpha value is -1.73. The molecule has 0 spiro atoms. The van der Waals surface area contributed by atoms with Crippen LogP contribution in [0.4, 0.5) is 0 Å². The zero-order valence-electron chi connectivity index (χ0n) is 8.93. The first-order valence-electron chi connectivity index (χ1n) is 5.27. The lowest BCUT2D eigenvalue weighted by atomic mass is 9.98. The van der Waals surface area contributed by atoms with Gasteiger partial charge < -0.3 is 11.1 Å². The van der Waals surface area contributed by atoms with Crippen LogP contribution in [0.5, 0.6) is 0 Å². The maximum absolute atomic E-state index is 11.3. The molecule has 3 rings (SSSR count). The molecule has 1 atom stereocenters. The van der Waals surface area contributed by atoms with Crippen LogP contribution in [0.1, 0.15) is 32.8 Å². The number of rotatable bonds is 2. The standard InChI is InChI=1S/C10H11N5OS/c11-9(16)7-6-5(14-15-7)1-2-12-8(6)10-13-3-4-17-10/h3-4,8,12H,1-2H2,(H2,11,16)(H,14,15). The average Bonchev–Trinajstić information content (AvgIpc) is 2.97. The minimum atomic E-state index is -0.507. The first-order chi connectivity index (χ1) is 8.27. The molecule has 2 aromatic rings. The Morgan fingerprint density at radius 2 is 2.47 bits per heavy atom. The van der Waals surface area contributed by atoms with Crippen LogP contribution in [-0.2, 0) is 6.42 Å². The van der Waals surface area contributed by atoms with Gasteiger partial charge in [0.15, 0.2) is 5.69 Å². The Labute approximate surface area is 101 Å². The minimum Gasteiger partial charge on any atom is -0.364 e.